The molecule has 1 aromatic heterocycles. The fourth-order valence-corrected chi connectivity index (χ4v) is 2.66. The Kier molecular flexibility index (Phi) is 2.01. The van der Waals surface area contributed by atoms with Crippen LogP contribution in [-0.4, -0.2) is 16.2 Å². The smallest absolute Gasteiger partial charge is 0.213 e. The largest absolute Gasteiger partial charge is 0.343 e. The van der Waals surface area contributed by atoms with E-state index in [1.54, 1.807) is 0 Å². The maximum atomic E-state index is 4.69. The minimum Gasteiger partial charge on any atom is -0.343 e. The lowest BCUT2D eigenvalue weighted by Crippen LogP contribution is -2.33. The third kappa shape index (κ3) is 1.54. The fourth-order valence-electron chi connectivity index (χ4n) is 2.66. The zero-order chi connectivity index (χ0) is 9.38. The summed E-state index contributed by atoms with van der Waals surface area (Å²) in [5.41, 5.74) is 0. The molecular weight excluding hydrogens is 178 g/mol. The van der Waals surface area contributed by atoms with Crippen LogP contribution in [0.3, 0.4) is 0 Å². The maximum Gasteiger partial charge on any atom is 0.213 e. The van der Waals surface area contributed by atoms with Crippen LogP contribution in [0.15, 0.2) is 10.9 Å². The lowest BCUT2D eigenvalue weighted by atomic mass is 9.95. The van der Waals surface area contributed by atoms with Crippen molar-refractivity contribution in [3.8, 4) is 0 Å². The molecule has 4 nitrogen and oxygen atoms in total. The van der Waals surface area contributed by atoms with Gasteiger partial charge in [0.25, 0.3) is 0 Å². The van der Waals surface area contributed by atoms with Crippen LogP contribution in [0, 0.1) is 11.8 Å². The molecule has 0 spiro atoms. The van der Waals surface area contributed by atoms with Crippen LogP contribution in [0.5, 0.6) is 0 Å². The Bertz CT molecular complexity index is 298. The van der Waals surface area contributed by atoms with Crippen molar-refractivity contribution < 1.29 is 4.52 Å². The molecule has 14 heavy (non-hydrogen) atoms. The molecule has 2 aliphatic carbocycles. The SMILES string of the molecule is c1nc(CNC2CCCC3CC32)no1. The Morgan fingerprint density at radius 2 is 2.50 bits per heavy atom. The highest BCUT2D eigenvalue weighted by molar-refractivity contribution is 4.98. The van der Waals surface area contributed by atoms with Gasteiger partial charge in [0.05, 0.1) is 6.54 Å². The molecule has 0 amide bonds. The molecular formula is C10H15N3O. The number of fused-ring (bicyclic) bond motifs is 1. The van der Waals surface area contributed by atoms with E-state index in [1.807, 2.05) is 0 Å². The summed E-state index contributed by atoms with van der Waals surface area (Å²) < 4.78 is 4.69. The maximum absolute atomic E-state index is 4.69. The van der Waals surface area contributed by atoms with Crippen molar-refractivity contribution in [3.05, 3.63) is 12.2 Å². The number of nitrogens with zero attached hydrogens (tertiary/aromatic N) is 2. The van der Waals surface area contributed by atoms with Gasteiger partial charge in [0.2, 0.25) is 6.39 Å². The first-order chi connectivity index (χ1) is 6.93. The number of nitrogens with one attached hydrogen (secondary N) is 1. The Hall–Kier alpha value is -0.900. The van der Waals surface area contributed by atoms with Gasteiger partial charge in [0.1, 0.15) is 0 Å². The summed E-state index contributed by atoms with van der Waals surface area (Å²) in [7, 11) is 0. The molecule has 3 unspecified atom stereocenters. The van der Waals surface area contributed by atoms with E-state index in [1.165, 1.54) is 32.1 Å². The first kappa shape index (κ1) is 8.41. The Morgan fingerprint density at radius 3 is 3.36 bits per heavy atom. The van der Waals surface area contributed by atoms with Gasteiger partial charge in [-0.25, -0.2) is 0 Å². The minimum absolute atomic E-state index is 0.701. The van der Waals surface area contributed by atoms with Gasteiger partial charge in [-0.1, -0.05) is 18.0 Å². The molecule has 0 aromatic carbocycles. The second kappa shape index (κ2) is 3.35. The standard InChI is InChI=1S/C10H15N3O/c1-2-7-4-8(7)9(3-1)11-5-10-12-6-14-13-10/h6-9,11H,1-5H2. The van der Waals surface area contributed by atoms with E-state index < -0.39 is 0 Å². The van der Waals surface area contributed by atoms with Crippen molar-refractivity contribution in [2.75, 3.05) is 0 Å². The third-order valence-electron chi connectivity index (χ3n) is 3.51. The van der Waals surface area contributed by atoms with Gasteiger partial charge >= 0.3 is 0 Å². The van der Waals surface area contributed by atoms with Crippen LogP contribution in [0.25, 0.3) is 0 Å². The zero-order valence-corrected chi connectivity index (χ0v) is 8.15. The predicted molar refractivity (Wildman–Crippen MR) is 50.4 cm³/mol. The van der Waals surface area contributed by atoms with Crippen molar-refractivity contribution >= 4 is 0 Å². The topological polar surface area (TPSA) is 51.0 Å². The molecule has 1 heterocycles. The van der Waals surface area contributed by atoms with Gasteiger partial charge in [-0.2, -0.15) is 4.98 Å². The van der Waals surface area contributed by atoms with Crippen LogP contribution in [0.1, 0.15) is 31.5 Å². The van der Waals surface area contributed by atoms with Gasteiger partial charge in [-0.05, 0) is 24.7 Å². The summed E-state index contributed by atoms with van der Waals surface area (Å²) in [5.74, 6) is 2.73. The van der Waals surface area contributed by atoms with E-state index in [4.69, 9.17) is 4.52 Å². The van der Waals surface area contributed by atoms with Crippen LogP contribution < -0.4 is 5.32 Å². The second-order valence-electron chi connectivity index (χ2n) is 4.43. The summed E-state index contributed by atoms with van der Waals surface area (Å²) in [4.78, 5) is 4.00. The average molecular weight is 193 g/mol. The number of hydrogen-bond acceptors (Lipinski definition) is 4. The molecule has 3 atom stereocenters. The van der Waals surface area contributed by atoms with Crippen molar-refractivity contribution in [3.63, 3.8) is 0 Å². The molecule has 0 radical (unpaired) electrons. The van der Waals surface area contributed by atoms with Gasteiger partial charge in [-0.15, -0.1) is 0 Å². The van der Waals surface area contributed by atoms with E-state index in [0.717, 1.165) is 24.2 Å². The molecule has 1 N–H and O–H groups in total. The van der Waals surface area contributed by atoms with Crippen molar-refractivity contribution in [1.82, 2.24) is 15.5 Å². The highest BCUT2D eigenvalue weighted by Gasteiger charge is 2.44. The Labute approximate surface area is 83.1 Å². The van der Waals surface area contributed by atoms with E-state index in [9.17, 15) is 0 Å². The molecule has 2 saturated carbocycles. The lowest BCUT2D eigenvalue weighted by Gasteiger charge is -2.21. The number of aromatic nitrogens is 2. The van der Waals surface area contributed by atoms with Gasteiger partial charge in [0.15, 0.2) is 5.82 Å². The summed E-state index contributed by atoms with van der Waals surface area (Å²) in [6.07, 6.45) is 6.97. The van der Waals surface area contributed by atoms with Crippen LogP contribution >= 0.6 is 0 Å². The van der Waals surface area contributed by atoms with Crippen LogP contribution in [-0.2, 0) is 6.54 Å². The van der Waals surface area contributed by atoms with E-state index in [0.29, 0.717) is 6.04 Å². The van der Waals surface area contributed by atoms with Gasteiger partial charge < -0.3 is 9.84 Å². The van der Waals surface area contributed by atoms with E-state index >= 15 is 0 Å². The molecule has 0 aliphatic heterocycles. The summed E-state index contributed by atoms with van der Waals surface area (Å²) >= 11 is 0. The molecule has 0 bridgehead atoms. The quantitative estimate of drug-likeness (QED) is 0.787. The molecule has 76 valence electrons. The molecule has 0 saturated heterocycles. The van der Waals surface area contributed by atoms with Crippen LogP contribution in [0.4, 0.5) is 0 Å². The fraction of sp³-hybridized carbons (Fsp3) is 0.800. The normalized spacial score (nSPS) is 35.3. The Balaban J connectivity index is 1.52. The molecule has 2 aliphatic rings. The van der Waals surface area contributed by atoms with Crippen molar-refractivity contribution in [2.24, 2.45) is 11.8 Å². The average Bonchev–Trinajstić information content (AvgIpc) is 2.83. The summed E-state index contributed by atoms with van der Waals surface area (Å²) in [6, 6.07) is 0.701. The predicted octanol–water partition coefficient (Wildman–Crippen LogP) is 1.35. The second-order valence-corrected chi connectivity index (χ2v) is 4.43. The first-order valence-electron chi connectivity index (χ1n) is 5.42. The number of rotatable bonds is 3. The molecule has 3 rings (SSSR count). The van der Waals surface area contributed by atoms with Gasteiger partial charge in [0, 0.05) is 6.04 Å². The molecule has 4 heteroatoms. The molecule has 1 aromatic rings. The van der Waals surface area contributed by atoms with E-state index in [-0.39, 0.29) is 0 Å². The monoisotopic (exact) mass is 193 g/mol. The van der Waals surface area contributed by atoms with Crippen molar-refractivity contribution in [2.45, 2.75) is 38.3 Å². The zero-order valence-electron chi connectivity index (χ0n) is 8.15. The highest BCUT2D eigenvalue weighted by atomic mass is 16.5. The van der Waals surface area contributed by atoms with E-state index in [2.05, 4.69) is 15.5 Å². The Morgan fingerprint density at radius 1 is 1.50 bits per heavy atom. The van der Waals surface area contributed by atoms with Crippen LogP contribution in [0.2, 0.25) is 0 Å². The minimum atomic E-state index is 0.701. The first-order valence-corrected chi connectivity index (χ1v) is 5.42. The number of hydrogen-bond donors (Lipinski definition) is 1. The highest BCUT2D eigenvalue weighted by Crippen LogP contribution is 2.49. The summed E-state index contributed by atoms with van der Waals surface area (Å²) in [5, 5.41) is 7.32. The van der Waals surface area contributed by atoms with Crippen molar-refractivity contribution in [1.29, 1.82) is 0 Å². The third-order valence-corrected chi connectivity index (χ3v) is 3.51. The molecule has 2 fully saturated rings. The lowest BCUT2D eigenvalue weighted by molar-refractivity contribution is 0.344. The van der Waals surface area contributed by atoms with Gasteiger partial charge in [-0.3, -0.25) is 0 Å². The summed E-state index contributed by atoms with van der Waals surface area (Å²) in [6.45, 7) is 0.754.